The molecule has 20 heavy (non-hydrogen) atoms. The van der Waals surface area contributed by atoms with Gasteiger partial charge in [-0.05, 0) is 23.8 Å². The molecule has 0 fully saturated rings. The Labute approximate surface area is 116 Å². The number of aromatic nitrogens is 2. The lowest BCUT2D eigenvalue weighted by Crippen LogP contribution is -2.08. The summed E-state index contributed by atoms with van der Waals surface area (Å²) in [7, 11) is -3.54. The molecule has 0 atom stereocenters. The van der Waals surface area contributed by atoms with Gasteiger partial charge in [0.25, 0.3) is 0 Å². The Morgan fingerprint density at radius 1 is 1.05 bits per heavy atom. The van der Waals surface area contributed by atoms with E-state index in [9.17, 15) is 8.42 Å². The lowest BCUT2D eigenvalue weighted by atomic mass is 10.2. The fourth-order valence-electron chi connectivity index (χ4n) is 2.02. The Kier molecular flexibility index (Phi) is 2.94. The average Bonchev–Trinajstić information content (AvgIpc) is 2.86. The van der Waals surface area contributed by atoms with Crippen LogP contribution in [0.4, 0.5) is 5.69 Å². The second-order valence-electron chi connectivity index (χ2n) is 4.52. The summed E-state index contributed by atoms with van der Waals surface area (Å²) >= 11 is 0. The summed E-state index contributed by atoms with van der Waals surface area (Å²) in [6, 6.07) is 14.1. The van der Waals surface area contributed by atoms with E-state index in [1.165, 1.54) is 0 Å². The van der Waals surface area contributed by atoms with Gasteiger partial charge in [0.05, 0.1) is 16.8 Å². The first-order valence-corrected chi connectivity index (χ1v) is 7.72. The minimum absolute atomic E-state index is 0.0260. The summed E-state index contributed by atoms with van der Waals surface area (Å²) in [6.45, 7) is 0. The van der Waals surface area contributed by atoms with E-state index in [1.807, 2.05) is 12.1 Å². The molecule has 0 bridgehead atoms. The van der Waals surface area contributed by atoms with Crippen LogP contribution in [0.5, 0.6) is 0 Å². The van der Waals surface area contributed by atoms with Crippen LogP contribution in [0, 0.1) is 0 Å². The topological polar surface area (TPSA) is 88.8 Å². The van der Waals surface area contributed by atoms with E-state index in [-0.39, 0.29) is 10.9 Å². The largest absolute Gasteiger partial charge is 0.398 e. The second-order valence-corrected chi connectivity index (χ2v) is 6.42. The molecule has 1 heterocycles. The molecule has 5 nitrogen and oxygen atoms in total. The van der Waals surface area contributed by atoms with Gasteiger partial charge in [-0.1, -0.05) is 30.3 Å². The highest BCUT2D eigenvalue weighted by Gasteiger charge is 2.20. The Morgan fingerprint density at radius 3 is 2.50 bits per heavy atom. The van der Waals surface area contributed by atoms with Crippen molar-refractivity contribution in [1.29, 1.82) is 0 Å². The number of nitrogens with two attached hydrogens (primary N) is 1. The zero-order valence-corrected chi connectivity index (χ0v) is 11.4. The molecule has 3 aromatic rings. The first-order valence-electron chi connectivity index (χ1n) is 6.07. The number of sulfone groups is 1. The SMILES string of the molecule is Nc1ccccc1CS(=O)(=O)c1nc2ccccc2[nH]1. The molecule has 0 amide bonds. The number of rotatable bonds is 3. The molecule has 2 aromatic carbocycles. The third kappa shape index (κ3) is 2.25. The Balaban J connectivity index is 2.01. The van der Waals surface area contributed by atoms with Gasteiger partial charge in [-0.15, -0.1) is 0 Å². The number of aromatic amines is 1. The quantitative estimate of drug-likeness (QED) is 0.722. The molecule has 0 saturated carbocycles. The van der Waals surface area contributed by atoms with Crippen molar-refractivity contribution in [3.8, 4) is 0 Å². The van der Waals surface area contributed by atoms with Gasteiger partial charge in [0.2, 0.25) is 15.0 Å². The van der Waals surface area contributed by atoms with Gasteiger partial charge >= 0.3 is 0 Å². The number of nitrogens with zero attached hydrogens (tertiary/aromatic N) is 1. The Bertz CT molecular complexity index is 836. The number of anilines is 1. The number of imidazole rings is 1. The predicted octanol–water partition coefficient (Wildman–Crippen LogP) is 2.12. The molecule has 6 heteroatoms. The van der Waals surface area contributed by atoms with Gasteiger partial charge in [0, 0.05) is 5.69 Å². The second kappa shape index (κ2) is 4.64. The average molecular weight is 287 g/mol. The standard InChI is InChI=1S/C14H13N3O2S/c15-11-6-2-1-5-10(11)9-20(18,19)14-16-12-7-3-4-8-13(12)17-14/h1-8H,9,15H2,(H,16,17). The maximum absolute atomic E-state index is 12.4. The molecule has 0 saturated heterocycles. The van der Waals surface area contributed by atoms with Gasteiger partial charge in [-0.25, -0.2) is 13.4 Å². The summed E-state index contributed by atoms with van der Waals surface area (Å²) in [5.41, 5.74) is 8.16. The van der Waals surface area contributed by atoms with Crippen LogP contribution in [0.1, 0.15) is 5.56 Å². The molecule has 3 N–H and O–H groups in total. The maximum Gasteiger partial charge on any atom is 0.226 e. The molecule has 0 aliphatic heterocycles. The maximum atomic E-state index is 12.4. The van der Waals surface area contributed by atoms with Crippen molar-refractivity contribution in [2.45, 2.75) is 10.9 Å². The highest BCUT2D eigenvalue weighted by molar-refractivity contribution is 7.90. The summed E-state index contributed by atoms with van der Waals surface area (Å²) in [6.07, 6.45) is 0. The highest BCUT2D eigenvalue weighted by Crippen LogP contribution is 2.20. The van der Waals surface area contributed by atoms with Crippen molar-refractivity contribution in [1.82, 2.24) is 9.97 Å². The van der Waals surface area contributed by atoms with Gasteiger partial charge in [0.1, 0.15) is 0 Å². The predicted molar refractivity (Wildman–Crippen MR) is 77.8 cm³/mol. The summed E-state index contributed by atoms with van der Waals surface area (Å²) in [5.74, 6) is -0.167. The lowest BCUT2D eigenvalue weighted by molar-refractivity contribution is 0.588. The van der Waals surface area contributed by atoms with E-state index in [4.69, 9.17) is 5.73 Å². The van der Waals surface area contributed by atoms with E-state index in [0.717, 1.165) is 0 Å². The Hall–Kier alpha value is -2.34. The van der Waals surface area contributed by atoms with Crippen LogP contribution in [0.3, 0.4) is 0 Å². The van der Waals surface area contributed by atoms with Gasteiger partial charge in [-0.3, -0.25) is 0 Å². The van der Waals surface area contributed by atoms with Gasteiger partial charge in [0.15, 0.2) is 0 Å². The number of nitrogens with one attached hydrogen (secondary N) is 1. The Morgan fingerprint density at radius 2 is 1.75 bits per heavy atom. The first kappa shape index (κ1) is 12.7. The molecule has 1 aromatic heterocycles. The van der Waals surface area contributed by atoms with Gasteiger partial charge in [-0.2, -0.15) is 0 Å². The zero-order chi connectivity index (χ0) is 14.2. The first-order chi connectivity index (χ1) is 9.56. The number of hydrogen-bond donors (Lipinski definition) is 2. The van der Waals surface area contributed by atoms with E-state index in [2.05, 4.69) is 9.97 Å². The van der Waals surface area contributed by atoms with E-state index >= 15 is 0 Å². The number of H-pyrrole nitrogens is 1. The normalized spacial score (nSPS) is 11.8. The van der Waals surface area contributed by atoms with Crippen LogP contribution in [0.25, 0.3) is 11.0 Å². The minimum Gasteiger partial charge on any atom is -0.398 e. The van der Waals surface area contributed by atoms with E-state index in [1.54, 1.807) is 36.4 Å². The monoisotopic (exact) mass is 287 g/mol. The fourth-order valence-corrected chi connectivity index (χ4v) is 3.33. The van der Waals surface area contributed by atoms with Crippen LogP contribution in [0.2, 0.25) is 0 Å². The minimum atomic E-state index is -3.54. The van der Waals surface area contributed by atoms with Gasteiger partial charge < -0.3 is 10.7 Å². The third-order valence-corrected chi connectivity index (χ3v) is 4.54. The number of hydrogen-bond acceptors (Lipinski definition) is 4. The molecule has 0 spiro atoms. The zero-order valence-electron chi connectivity index (χ0n) is 10.6. The fraction of sp³-hybridized carbons (Fsp3) is 0.0714. The smallest absolute Gasteiger partial charge is 0.226 e. The summed E-state index contributed by atoms with van der Waals surface area (Å²) < 4.78 is 24.7. The van der Waals surface area contributed by atoms with Crippen LogP contribution in [-0.4, -0.2) is 18.4 Å². The molecule has 0 unspecified atom stereocenters. The van der Waals surface area contributed by atoms with Crippen LogP contribution in [0.15, 0.2) is 53.7 Å². The molecular formula is C14H13N3O2S. The molecule has 3 rings (SSSR count). The number of para-hydroxylation sites is 3. The van der Waals surface area contributed by atoms with Crippen molar-refractivity contribution in [2.24, 2.45) is 0 Å². The van der Waals surface area contributed by atoms with Crippen LogP contribution in [-0.2, 0) is 15.6 Å². The third-order valence-electron chi connectivity index (χ3n) is 3.06. The van der Waals surface area contributed by atoms with Crippen molar-refractivity contribution in [2.75, 3.05) is 5.73 Å². The molecule has 0 radical (unpaired) electrons. The summed E-state index contributed by atoms with van der Waals surface area (Å²) in [5, 5.41) is -0.0260. The van der Waals surface area contributed by atoms with Crippen LogP contribution >= 0.6 is 0 Å². The van der Waals surface area contributed by atoms with Crippen molar-refractivity contribution < 1.29 is 8.42 Å². The molecule has 102 valence electrons. The van der Waals surface area contributed by atoms with Crippen molar-refractivity contribution in [3.63, 3.8) is 0 Å². The summed E-state index contributed by atoms with van der Waals surface area (Å²) in [4.78, 5) is 6.96. The van der Waals surface area contributed by atoms with Crippen molar-refractivity contribution >= 4 is 26.6 Å². The highest BCUT2D eigenvalue weighted by atomic mass is 32.2. The lowest BCUT2D eigenvalue weighted by Gasteiger charge is -2.04. The molecule has 0 aliphatic rings. The number of benzene rings is 2. The van der Waals surface area contributed by atoms with Crippen LogP contribution < -0.4 is 5.73 Å². The molecule has 0 aliphatic carbocycles. The number of nitrogen functional groups attached to an aromatic ring is 1. The molecular weight excluding hydrogens is 274 g/mol. The van der Waals surface area contributed by atoms with E-state index in [0.29, 0.717) is 22.3 Å². The van der Waals surface area contributed by atoms with Crippen molar-refractivity contribution in [3.05, 3.63) is 54.1 Å². The van der Waals surface area contributed by atoms with E-state index < -0.39 is 9.84 Å². The number of fused-ring (bicyclic) bond motifs is 1.